The topological polar surface area (TPSA) is 49.4 Å². The van der Waals surface area contributed by atoms with Crippen LogP contribution >= 0.6 is 0 Å². The molecule has 3 atom stereocenters. The first-order chi connectivity index (χ1) is 7.86. The van der Waals surface area contributed by atoms with Gasteiger partial charge in [0.2, 0.25) is 11.8 Å². The Labute approximate surface area is 103 Å². The molecule has 0 radical (unpaired) electrons. The van der Waals surface area contributed by atoms with E-state index in [9.17, 15) is 9.59 Å². The van der Waals surface area contributed by atoms with Gasteiger partial charge in [-0.1, -0.05) is 20.8 Å². The summed E-state index contributed by atoms with van der Waals surface area (Å²) >= 11 is 0. The summed E-state index contributed by atoms with van der Waals surface area (Å²) in [6, 6.07) is 0.124. The average molecular weight is 238 g/mol. The number of hydrogen-bond acceptors (Lipinski definition) is 3. The van der Waals surface area contributed by atoms with Gasteiger partial charge in [-0.05, 0) is 25.2 Å². The summed E-state index contributed by atoms with van der Waals surface area (Å²) in [5.41, 5.74) is 0.285. The van der Waals surface area contributed by atoms with Crippen molar-refractivity contribution in [3.05, 3.63) is 0 Å². The molecule has 2 rings (SSSR count). The zero-order chi connectivity index (χ0) is 12.8. The Balaban J connectivity index is 1.99. The monoisotopic (exact) mass is 238 g/mol. The maximum absolute atomic E-state index is 12.1. The molecular weight excluding hydrogens is 216 g/mol. The fourth-order valence-electron chi connectivity index (χ4n) is 2.42. The average Bonchev–Trinajstić information content (AvgIpc) is 2.73. The smallest absolute Gasteiger partial charge is 0.247 e. The molecule has 4 nitrogen and oxygen atoms in total. The van der Waals surface area contributed by atoms with Crippen molar-refractivity contribution in [3.8, 4) is 0 Å². The van der Waals surface area contributed by atoms with E-state index in [4.69, 9.17) is 0 Å². The Morgan fingerprint density at radius 2 is 2.06 bits per heavy atom. The Morgan fingerprint density at radius 1 is 1.47 bits per heavy atom. The summed E-state index contributed by atoms with van der Waals surface area (Å²) in [5, 5.41) is 3.32. The van der Waals surface area contributed by atoms with E-state index in [1.807, 2.05) is 13.8 Å². The van der Waals surface area contributed by atoms with Gasteiger partial charge < -0.3 is 5.32 Å². The lowest BCUT2D eigenvalue weighted by Crippen LogP contribution is -2.43. The molecule has 0 bridgehead atoms. The minimum atomic E-state index is -0.289. The molecular formula is C13H22N2O2. The maximum Gasteiger partial charge on any atom is 0.247 e. The highest BCUT2D eigenvalue weighted by molar-refractivity contribution is 6.05. The number of rotatable bonds is 4. The van der Waals surface area contributed by atoms with Gasteiger partial charge in [0.1, 0.15) is 0 Å². The van der Waals surface area contributed by atoms with E-state index in [1.165, 1.54) is 4.90 Å². The van der Waals surface area contributed by atoms with Crippen molar-refractivity contribution < 1.29 is 9.59 Å². The lowest BCUT2D eigenvalue weighted by molar-refractivity contribution is -0.141. The Hall–Kier alpha value is -0.900. The third-order valence-corrected chi connectivity index (χ3v) is 4.13. The molecule has 2 aliphatic rings. The second-order valence-corrected chi connectivity index (χ2v) is 6.03. The Bertz CT molecular complexity index is 351. The third-order valence-electron chi connectivity index (χ3n) is 4.13. The summed E-state index contributed by atoms with van der Waals surface area (Å²) < 4.78 is 0. The molecule has 0 aromatic carbocycles. The van der Waals surface area contributed by atoms with Crippen LogP contribution in [-0.4, -0.2) is 34.8 Å². The van der Waals surface area contributed by atoms with Gasteiger partial charge in [0.05, 0.1) is 12.5 Å². The van der Waals surface area contributed by atoms with Gasteiger partial charge in [0, 0.05) is 12.1 Å². The maximum atomic E-state index is 12.1. The van der Waals surface area contributed by atoms with E-state index >= 15 is 0 Å². The minimum absolute atomic E-state index is 0.0222. The van der Waals surface area contributed by atoms with Crippen LogP contribution in [0.1, 0.15) is 47.0 Å². The fraction of sp³-hybridized carbons (Fsp3) is 0.846. The molecule has 1 N–H and O–H groups in total. The van der Waals surface area contributed by atoms with E-state index in [-0.39, 0.29) is 29.3 Å². The minimum Gasteiger partial charge on any atom is -0.302 e. The van der Waals surface area contributed by atoms with Crippen LogP contribution in [-0.2, 0) is 9.59 Å². The van der Waals surface area contributed by atoms with Gasteiger partial charge >= 0.3 is 0 Å². The van der Waals surface area contributed by atoms with Crippen LogP contribution in [0, 0.1) is 5.41 Å². The normalized spacial score (nSPS) is 33.1. The zero-order valence-corrected chi connectivity index (χ0v) is 11.1. The quantitative estimate of drug-likeness (QED) is 0.751. The van der Waals surface area contributed by atoms with E-state index in [2.05, 4.69) is 19.2 Å². The first-order valence-electron chi connectivity index (χ1n) is 6.48. The van der Waals surface area contributed by atoms with Crippen LogP contribution in [0.25, 0.3) is 0 Å². The molecule has 1 aliphatic carbocycles. The highest BCUT2D eigenvalue weighted by Gasteiger charge is 2.50. The molecule has 17 heavy (non-hydrogen) atoms. The Kier molecular flexibility index (Phi) is 3.02. The highest BCUT2D eigenvalue weighted by atomic mass is 16.2. The molecule has 0 spiro atoms. The second-order valence-electron chi connectivity index (χ2n) is 6.03. The number of imide groups is 1. The molecule has 2 fully saturated rings. The largest absolute Gasteiger partial charge is 0.302 e. The predicted molar refractivity (Wildman–Crippen MR) is 65.3 cm³/mol. The molecule has 1 aliphatic heterocycles. The van der Waals surface area contributed by atoms with Crippen molar-refractivity contribution in [3.63, 3.8) is 0 Å². The summed E-state index contributed by atoms with van der Waals surface area (Å²) in [4.78, 5) is 25.4. The number of hydrogen-bond donors (Lipinski definition) is 1. The van der Waals surface area contributed by atoms with Gasteiger partial charge in [0.15, 0.2) is 0 Å². The number of nitrogens with one attached hydrogen (secondary N) is 1. The molecule has 3 unspecified atom stereocenters. The van der Waals surface area contributed by atoms with Crippen molar-refractivity contribution in [1.82, 2.24) is 10.2 Å². The van der Waals surface area contributed by atoms with Crippen LogP contribution < -0.4 is 5.32 Å². The van der Waals surface area contributed by atoms with E-state index in [0.717, 1.165) is 12.8 Å². The number of likely N-dealkylation sites (tertiary alicyclic amines) is 1. The highest BCUT2D eigenvalue weighted by Crippen LogP contribution is 2.45. The van der Waals surface area contributed by atoms with Crippen molar-refractivity contribution in [1.29, 1.82) is 0 Å². The number of carbonyl (C=O) groups is 2. The predicted octanol–water partition coefficient (Wildman–Crippen LogP) is 1.30. The van der Waals surface area contributed by atoms with Gasteiger partial charge in [-0.3, -0.25) is 14.5 Å². The summed E-state index contributed by atoms with van der Waals surface area (Å²) in [5.74, 6) is -0.0626. The standard InChI is InChI=1S/C13H22N2O2/c1-5-8(2)15-11(16)6-9(12(15)17)14-10-7-13(10,3)4/h8-10,14H,5-7H2,1-4H3. The van der Waals surface area contributed by atoms with Crippen molar-refractivity contribution in [2.75, 3.05) is 0 Å². The molecule has 0 aromatic rings. The van der Waals surface area contributed by atoms with E-state index in [0.29, 0.717) is 12.5 Å². The zero-order valence-electron chi connectivity index (χ0n) is 11.1. The molecule has 1 saturated heterocycles. The fourth-order valence-corrected chi connectivity index (χ4v) is 2.42. The molecule has 96 valence electrons. The summed E-state index contributed by atoms with van der Waals surface area (Å²) in [6.45, 7) is 8.28. The molecule has 0 aromatic heterocycles. The van der Waals surface area contributed by atoms with E-state index < -0.39 is 0 Å². The summed E-state index contributed by atoms with van der Waals surface area (Å²) in [7, 11) is 0. The van der Waals surface area contributed by atoms with Crippen molar-refractivity contribution >= 4 is 11.8 Å². The van der Waals surface area contributed by atoms with Crippen LogP contribution in [0.2, 0.25) is 0 Å². The van der Waals surface area contributed by atoms with Crippen LogP contribution in [0.3, 0.4) is 0 Å². The first kappa shape index (κ1) is 12.6. The van der Waals surface area contributed by atoms with Gasteiger partial charge in [-0.25, -0.2) is 0 Å². The van der Waals surface area contributed by atoms with Gasteiger partial charge in [-0.2, -0.15) is 0 Å². The van der Waals surface area contributed by atoms with E-state index in [1.54, 1.807) is 0 Å². The van der Waals surface area contributed by atoms with Crippen molar-refractivity contribution in [2.45, 2.75) is 65.1 Å². The summed E-state index contributed by atoms with van der Waals surface area (Å²) in [6.07, 6.45) is 2.24. The molecule has 1 saturated carbocycles. The number of nitrogens with zero attached hydrogens (tertiary/aromatic N) is 1. The van der Waals surface area contributed by atoms with Crippen LogP contribution in [0.5, 0.6) is 0 Å². The third kappa shape index (κ3) is 2.23. The number of carbonyl (C=O) groups excluding carboxylic acids is 2. The number of amides is 2. The molecule has 2 amide bonds. The lowest BCUT2D eigenvalue weighted by atomic mass is 10.1. The first-order valence-corrected chi connectivity index (χ1v) is 6.48. The SMILES string of the molecule is CCC(C)N1C(=O)CC(NC2CC2(C)C)C1=O. The molecule has 1 heterocycles. The molecule has 4 heteroatoms. The lowest BCUT2D eigenvalue weighted by Gasteiger charge is -2.21. The van der Waals surface area contributed by atoms with Crippen LogP contribution in [0.15, 0.2) is 0 Å². The van der Waals surface area contributed by atoms with Gasteiger partial charge in [0.25, 0.3) is 0 Å². The Morgan fingerprint density at radius 3 is 2.53 bits per heavy atom. The van der Waals surface area contributed by atoms with Crippen LogP contribution in [0.4, 0.5) is 0 Å². The second kappa shape index (κ2) is 4.09. The van der Waals surface area contributed by atoms with Crippen molar-refractivity contribution in [2.24, 2.45) is 5.41 Å². The van der Waals surface area contributed by atoms with Gasteiger partial charge in [-0.15, -0.1) is 0 Å².